The highest BCUT2D eigenvalue weighted by molar-refractivity contribution is 7.91. The van der Waals surface area contributed by atoms with E-state index in [-0.39, 0.29) is 22.1 Å². The first-order chi connectivity index (χ1) is 15.6. The van der Waals surface area contributed by atoms with Crippen LogP contribution < -0.4 is 4.72 Å². The average Bonchev–Trinajstić information content (AvgIpc) is 3.13. The molecule has 4 aromatic rings. The lowest BCUT2D eigenvalue weighted by molar-refractivity contribution is 0.137. The fourth-order valence-corrected chi connectivity index (χ4v) is 6.45. The van der Waals surface area contributed by atoms with E-state index < -0.39 is 16.2 Å². The van der Waals surface area contributed by atoms with E-state index in [0.29, 0.717) is 16.5 Å². The topological polar surface area (TPSA) is 139 Å². The van der Waals surface area contributed by atoms with Crippen LogP contribution in [-0.2, 0) is 16.6 Å². The van der Waals surface area contributed by atoms with Gasteiger partial charge < -0.3 is 10.2 Å². The number of aromatic nitrogens is 4. The summed E-state index contributed by atoms with van der Waals surface area (Å²) in [5.41, 5.74) is 1.95. The molecule has 174 valence electrons. The van der Waals surface area contributed by atoms with Gasteiger partial charge in [-0.1, -0.05) is 60.2 Å². The zero-order valence-corrected chi connectivity index (χ0v) is 19.6. The van der Waals surface area contributed by atoms with Gasteiger partial charge in [-0.3, -0.25) is 9.08 Å². The summed E-state index contributed by atoms with van der Waals surface area (Å²) in [4.78, 5) is 13.7. The number of imidazole rings is 1. The van der Waals surface area contributed by atoms with Crippen LogP contribution in [0.3, 0.4) is 0 Å². The number of nitrogens with one attached hydrogen (secondary N) is 1. The second kappa shape index (κ2) is 9.14. The third-order valence-corrected chi connectivity index (χ3v) is 8.34. The first kappa shape index (κ1) is 23.2. The molecule has 0 aliphatic heterocycles. The Morgan fingerprint density at radius 1 is 1.21 bits per heavy atom. The Hall–Kier alpha value is -2.93. The number of hydrogen-bond acceptors (Lipinski definition) is 6. The highest BCUT2D eigenvalue weighted by Gasteiger charge is 2.49. The Morgan fingerprint density at radius 3 is 2.52 bits per heavy atom. The second-order valence-corrected chi connectivity index (χ2v) is 10.9. The van der Waals surface area contributed by atoms with Crippen LogP contribution in [0, 0.1) is 5.92 Å². The van der Waals surface area contributed by atoms with Crippen LogP contribution in [0.1, 0.15) is 24.1 Å². The third-order valence-electron chi connectivity index (χ3n) is 5.23. The van der Waals surface area contributed by atoms with Crippen LogP contribution in [-0.4, -0.2) is 50.0 Å². The van der Waals surface area contributed by atoms with Crippen molar-refractivity contribution in [2.75, 3.05) is 0 Å². The van der Waals surface area contributed by atoms with Gasteiger partial charge in [0.25, 0.3) is 10.0 Å². The molecule has 3 atom stereocenters. The van der Waals surface area contributed by atoms with Crippen LogP contribution in [0.5, 0.6) is 0 Å². The van der Waals surface area contributed by atoms with Gasteiger partial charge in [0.1, 0.15) is 0 Å². The quantitative estimate of drug-likeness (QED) is 0.361. The van der Waals surface area contributed by atoms with Crippen LogP contribution in [0.15, 0.2) is 59.3 Å². The maximum Gasteiger partial charge on any atom is 0.503 e. The molecule has 3 aromatic heterocycles. The summed E-state index contributed by atoms with van der Waals surface area (Å²) in [5, 5.41) is 18.6. The molecule has 1 fully saturated rings. The SMILES string of the molecule is C[C@H]1[C@H](NS(=O)(=O)c2cn3cc(Cn4cc(Cl)cn4)nc3s2)[C@H]1c1ccccc1.O=C(O)O. The van der Waals surface area contributed by atoms with Gasteiger partial charge in [0.15, 0.2) is 9.17 Å². The van der Waals surface area contributed by atoms with Gasteiger partial charge in [-0.2, -0.15) is 5.10 Å². The number of halogens is 1. The Bertz CT molecular complexity index is 1350. The summed E-state index contributed by atoms with van der Waals surface area (Å²) in [7, 11) is -3.60. The summed E-state index contributed by atoms with van der Waals surface area (Å²) in [5.74, 6) is 0.478. The molecule has 3 N–H and O–H groups in total. The van der Waals surface area contributed by atoms with E-state index in [1.165, 1.54) is 0 Å². The zero-order valence-electron chi connectivity index (χ0n) is 17.2. The molecule has 0 spiro atoms. The lowest BCUT2D eigenvalue weighted by Crippen LogP contribution is -2.27. The molecule has 0 unspecified atom stereocenters. The first-order valence-electron chi connectivity index (χ1n) is 9.78. The lowest BCUT2D eigenvalue weighted by atomic mass is 10.1. The molecule has 0 bridgehead atoms. The third kappa shape index (κ3) is 5.36. The van der Waals surface area contributed by atoms with Gasteiger partial charge in [0.2, 0.25) is 0 Å². The maximum absolute atomic E-state index is 12.9. The minimum atomic E-state index is -3.60. The van der Waals surface area contributed by atoms with Crippen LogP contribution in [0.25, 0.3) is 4.96 Å². The van der Waals surface area contributed by atoms with Crippen LogP contribution >= 0.6 is 22.9 Å². The fourth-order valence-electron chi connectivity index (χ4n) is 3.68. The number of carboxylic acid groups (broad SMARTS) is 2. The lowest BCUT2D eigenvalue weighted by Gasteiger charge is -2.04. The molecule has 33 heavy (non-hydrogen) atoms. The van der Waals surface area contributed by atoms with Crippen LogP contribution in [0.4, 0.5) is 4.79 Å². The van der Waals surface area contributed by atoms with Crippen molar-refractivity contribution >= 4 is 44.1 Å². The van der Waals surface area contributed by atoms with Crippen molar-refractivity contribution in [1.82, 2.24) is 23.9 Å². The molecular formula is C20H20ClN5O5S2. The van der Waals surface area contributed by atoms with E-state index in [2.05, 4.69) is 21.7 Å². The Balaban J connectivity index is 0.000000601. The van der Waals surface area contributed by atoms with E-state index in [9.17, 15) is 8.42 Å². The molecule has 10 nitrogen and oxygen atoms in total. The maximum atomic E-state index is 12.9. The Kier molecular flexibility index (Phi) is 6.43. The van der Waals surface area contributed by atoms with E-state index >= 15 is 0 Å². The number of rotatable bonds is 6. The molecule has 1 saturated carbocycles. The summed E-state index contributed by atoms with van der Waals surface area (Å²) in [6.07, 6.45) is 4.87. The highest BCUT2D eigenvalue weighted by atomic mass is 35.5. The number of benzene rings is 1. The Morgan fingerprint density at radius 2 is 1.91 bits per heavy atom. The summed E-state index contributed by atoms with van der Waals surface area (Å²) >= 11 is 7.04. The van der Waals surface area contributed by atoms with Gasteiger partial charge in [-0.05, 0) is 11.5 Å². The number of nitrogens with zero attached hydrogens (tertiary/aromatic N) is 4. The number of carbonyl (C=O) groups is 1. The van der Waals surface area contributed by atoms with Crippen molar-refractivity contribution < 1.29 is 23.4 Å². The van der Waals surface area contributed by atoms with Crippen molar-refractivity contribution in [3.8, 4) is 0 Å². The minimum Gasteiger partial charge on any atom is -0.450 e. The first-order valence-corrected chi connectivity index (χ1v) is 12.5. The summed E-state index contributed by atoms with van der Waals surface area (Å²) < 4.78 is 32.3. The van der Waals surface area contributed by atoms with E-state index in [1.54, 1.807) is 27.7 Å². The van der Waals surface area contributed by atoms with Crippen LogP contribution in [0.2, 0.25) is 5.02 Å². The number of hydrogen-bond donors (Lipinski definition) is 3. The summed E-state index contributed by atoms with van der Waals surface area (Å²) in [6.45, 7) is 2.54. The van der Waals surface area contributed by atoms with Crippen molar-refractivity contribution in [2.24, 2.45) is 5.92 Å². The molecular weight excluding hydrogens is 490 g/mol. The molecule has 1 aliphatic rings. The minimum absolute atomic E-state index is 0.0862. The van der Waals surface area contributed by atoms with Crippen molar-refractivity contribution in [2.45, 2.75) is 29.6 Å². The van der Waals surface area contributed by atoms with E-state index in [0.717, 1.165) is 22.6 Å². The number of thiazole rings is 1. The normalized spacial score (nSPS) is 19.8. The van der Waals surface area contributed by atoms with Crippen molar-refractivity contribution in [3.63, 3.8) is 0 Å². The predicted octanol–water partition coefficient (Wildman–Crippen LogP) is 3.60. The number of fused-ring (bicyclic) bond motifs is 1. The standard InChI is InChI=1S/C19H18ClN5O2S2.CH2O3/c1-12-17(13-5-3-2-4-6-13)18(12)23-29(26,27)16-11-24-9-15(22-19(24)28-16)10-25-8-14(20)7-21-25;2-1(3)4/h2-9,11-12,17-18,23H,10H2,1H3;(H2,2,3,4)/t12-,17-,18+;/m1./s1. The molecule has 13 heteroatoms. The summed E-state index contributed by atoms with van der Waals surface area (Å²) in [6, 6.07) is 9.93. The highest BCUT2D eigenvalue weighted by Crippen LogP contribution is 2.48. The van der Waals surface area contributed by atoms with Crippen molar-refractivity contribution in [3.05, 3.63) is 71.4 Å². The predicted molar refractivity (Wildman–Crippen MR) is 123 cm³/mol. The molecule has 3 heterocycles. The van der Waals surface area contributed by atoms with Gasteiger partial charge >= 0.3 is 6.16 Å². The largest absolute Gasteiger partial charge is 0.503 e. The fraction of sp³-hybridized carbons (Fsp3) is 0.250. The number of sulfonamides is 1. The molecule has 1 aliphatic carbocycles. The van der Waals surface area contributed by atoms with Gasteiger partial charge in [-0.15, -0.1) is 0 Å². The Labute approximate surface area is 198 Å². The second-order valence-electron chi connectivity index (χ2n) is 7.55. The van der Waals surface area contributed by atoms with Gasteiger partial charge in [0, 0.05) is 30.6 Å². The zero-order chi connectivity index (χ0) is 23.8. The smallest absolute Gasteiger partial charge is 0.450 e. The molecule has 5 rings (SSSR count). The molecule has 0 saturated heterocycles. The van der Waals surface area contributed by atoms with Crippen molar-refractivity contribution in [1.29, 1.82) is 0 Å². The van der Waals surface area contributed by atoms with Gasteiger partial charge in [0.05, 0.1) is 23.5 Å². The van der Waals surface area contributed by atoms with Gasteiger partial charge in [-0.25, -0.2) is 22.9 Å². The molecule has 0 radical (unpaired) electrons. The van der Waals surface area contributed by atoms with E-state index in [4.69, 9.17) is 26.6 Å². The molecule has 0 amide bonds. The van der Waals surface area contributed by atoms with E-state index in [1.807, 2.05) is 36.5 Å². The molecule has 1 aromatic carbocycles. The monoisotopic (exact) mass is 509 g/mol. The average molecular weight is 510 g/mol.